The monoisotopic (exact) mass is 254 g/mol. The van der Waals surface area contributed by atoms with E-state index in [0.717, 1.165) is 25.9 Å². The Labute approximate surface area is 107 Å². The number of amides is 1. The second kappa shape index (κ2) is 4.79. The molecule has 0 radical (unpaired) electrons. The largest absolute Gasteiger partial charge is 0.378 e. The molecule has 5 nitrogen and oxygen atoms in total. The molecule has 2 saturated heterocycles. The topological polar surface area (TPSA) is 73.6 Å². The van der Waals surface area contributed by atoms with Gasteiger partial charge >= 0.3 is 0 Å². The summed E-state index contributed by atoms with van der Waals surface area (Å²) in [5.74, 6) is 0.491. The highest BCUT2D eigenvalue weighted by Gasteiger charge is 2.51. The summed E-state index contributed by atoms with van der Waals surface area (Å²) in [6.45, 7) is 3.33. The molecule has 1 saturated carbocycles. The van der Waals surface area contributed by atoms with Gasteiger partial charge in [0.25, 0.3) is 0 Å². The summed E-state index contributed by atoms with van der Waals surface area (Å²) in [7, 11) is 0. The van der Waals surface area contributed by atoms with Crippen molar-refractivity contribution >= 4 is 5.91 Å². The van der Waals surface area contributed by atoms with Crippen molar-refractivity contribution in [2.45, 2.75) is 50.5 Å². The fraction of sp³-hybridized carbons (Fsp3) is 0.923. The zero-order valence-electron chi connectivity index (χ0n) is 10.8. The van der Waals surface area contributed by atoms with Crippen LogP contribution in [-0.2, 0) is 14.3 Å². The lowest BCUT2D eigenvalue weighted by atomic mass is 9.68. The van der Waals surface area contributed by atoms with E-state index in [1.165, 1.54) is 0 Å². The Bertz CT molecular complexity index is 336. The maximum atomic E-state index is 12.1. The summed E-state index contributed by atoms with van der Waals surface area (Å²) in [5, 5.41) is 3.06. The zero-order valence-corrected chi connectivity index (χ0v) is 10.8. The van der Waals surface area contributed by atoms with Gasteiger partial charge in [-0.15, -0.1) is 0 Å². The number of carbonyl (C=O) groups is 1. The molecule has 3 fully saturated rings. The van der Waals surface area contributed by atoms with Crippen molar-refractivity contribution in [3.8, 4) is 0 Å². The van der Waals surface area contributed by atoms with Crippen molar-refractivity contribution in [3.05, 3.63) is 0 Å². The van der Waals surface area contributed by atoms with E-state index in [1.807, 2.05) is 6.92 Å². The fourth-order valence-electron chi connectivity index (χ4n) is 3.41. The van der Waals surface area contributed by atoms with Gasteiger partial charge in [0.15, 0.2) is 0 Å². The van der Waals surface area contributed by atoms with E-state index in [4.69, 9.17) is 15.2 Å². The van der Waals surface area contributed by atoms with E-state index in [0.29, 0.717) is 12.5 Å². The Morgan fingerprint density at radius 1 is 1.39 bits per heavy atom. The van der Waals surface area contributed by atoms with Crippen LogP contribution in [0.15, 0.2) is 0 Å². The van der Waals surface area contributed by atoms with Gasteiger partial charge in [-0.25, -0.2) is 0 Å². The molecule has 0 bridgehead atoms. The van der Waals surface area contributed by atoms with E-state index in [-0.39, 0.29) is 36.1 Å². The molecule has 3 N–H and O–H groups in total. The molecule has 0 aromatic carbocycles. The van der Waals surface area contributed by atoms with Gasteiger partial charge in [-0.2, -0.15) is 0 Å². The van der Waals surface area contributed by atoms with Gasteiger partial charge in [0.1, 0.15) is 0 Å². The van der Waals surface area contributed by atoms with Crippen LogP contribution in [0.5, 0.6) is 0 Å². The zero-order chi connectivity index (χ0) is 12.7. The molecule has 1 aliphatic carbocycles. The number of nitrogens with two attached hydrogens (primary N) is 1. The second-order valence-electron chi connectivity index (χ2n) is 5.83. The van der Waals surface area contributed by atoms with Crippen LogP contribution in [0.25, 0.3) is 0 Å². The molecular weight excluding hydrogens is 232 g/mol. The highest BCUT2D eigenvalue weighted by Crippen LogP contribution is 2.37. The van der Waals surface area contributed by atoms with Crippen LogP contribution in [-0.4, -0.2) is 43.4 Å². The number of ether oxygens (including phenoxy) is 2. The van der Waals surface area contributed by atoms with Crippen molar-refractivity contribution in [1.29, 1.82) is 0 Å². The lowest BCUT2D eigenvalue weighted by Crippen LogP contribution is -2.72. The minimum Gasteiger partial charge on any atom is -0.378 e. The van der Waals surface area contributed by atoms with Crippen LogP contribution in [0.2, 0.25) is 0 Å². The third kappa shape index (κ3) is 2.04. The summed E-state index contributed by atoms with van der Waals surface area (Å²) >= 11 is 0. The number of hydrogen-bond acceptors (Lipinski definition) is 4. The third-order valence-corrected chi connectivity index (χ3v) is 4.56. The van der Waals surface area contributed by atoms with E-state index in [9.17, 15) is 4.79 Å². The first-order chi connectivity index (χ1) is 8.66. The molecule has 1 amide bonds. The van der Waals surface area contributed by atoms with Gasteiger partial charge in [-0.05, 0) is 26.2 Å². The summed E-state index contributed by atoms with van der Waals surface area (Å²) in [4.78, 5) is 12.1. The first kappa shape index (κ1) is 12.4. The standard InChI is InChI=1S/C13H22N2O3/c1-7-5-8(6-18-7)13(16)15-11-10(14)9-3-2-4-17-12(9)11/h7-12H,2-6,14H2,1H3,(H,15,16). The molecule has 2 aliphatic heterocycles. The molecule has 0 aromatic rings. The first-order valence-corrected chi connectivity index (χ1v) is 6.96. The van der Waals surface area contributed by atoms with E-state index < -0.39 is 0 Å². The minimum atomic E-state index is -0.0187. The molecule has 6 atom stereocenters. The van der Waals surface area contributed by atoms with Crippen LogP contribution < -0.4 is 11.1 Å². The van der Waals surface area contributed by atoms with Crippen LogP contribution in [0.4, 0.5) is 0 Å². The SMILES string of the molecule is CC1CC(C(=O)NC2C(N)C3CCCOC32)CO1. The normalized spacial score (nSPS) is 47.2. The summed E-state index contributed by atoms with van der Waals surface area (Å²) in [6, 6.07) is 0.0534. The Morgan fingerprint density at radius 2 is 2.22 bits per heavy atom. The van der Waals surface area contributed by atoms with Gasteiger partial charge in [-0.3, -0.25) is 4.79 Å². The average Bonchev–Trinajstić information content (AvgIpc) is 2.82. The third-order valence-electron chi connectivity index (χ3n) is 4.56. The molecule has 0 spiro atoms. The molecule has 102 valence electrons. The van der Waals surface area contributed by atoms with Gasteiger partial charge in [-0.1, -0.05) is 0 Å². The predicted molar refractivity (Wildman–Crippen MR) is 65.9 cm³/mol. The number of rotatable bonds is 2. The van der Waals surface area contributed by atoms with E-state index in [1.54, 1.807) is 0 Å². The predicted octanol–water partition coefficient (Wildman–Crippen LogP) is 0.0323. The van der Waals surface area contributed by atoms with Crippen LogP contribution in [0.1, 0.15) is 26.2 Å². The Kier molecular flexibility index (Phi) is 3.30. The molecular formula is C13H22N2O3. The number of carbonyl (C=O) groups excluding carboxylic acids is 1. The Morgan fingerprint density at radius 3 is 2.94 bits per heavy atom. The number of hydrogen-bond donors (Lipinski definition) is 2. The fourth-order valence-corrected chi connectivity index (χ4v) is 3.41. The first-order valence-electron chi connectivity index (χ1n) is 6.96. The van der Waals surface area contributed by atoms with Crippen molar-refractivity contribution in [3.63, 3.8) is 0 Å². The molecule has 3 rings (SSSR count). The lowest BCUT2D eigenvalue weighted by molar-refractivity contribution is -0.142. The van der Waals surface area contributed by atoms with Crippen LogP contribution in [0, 0.1) is 11.8 Å². The molecule has 6 unspecified atom stereocenters. The Balaban J connectivity index is 1.55. The van der Waals surface area contributed by atoms with Crippen LogP contribution in [0.3, 0.4) is 0 Å². The highest BCUT2D eigenvalue weighted by atomic mass is 16.5. The molecule has 5 heteroatoms. The van der Waals surface area contributed by atoms with Gasteiger partial charge < -0.3 is 20.5 Å². The number of nitrogens with one attached hydrogen (secondary N) is 1. The van der Waals surface area contributed by atoms with Crippen molar-refractivity contribution in [1.82, 2.24) is 5.32 Å². The number of fused-ring (bicyclic) bond motifs is 1. The molecule has 3 aliphatic rings. The smallest absolute Gasteiger partial charge is 0.225 e. The van der Waals surface area contributed by atoms with Gasteiger partial charge in [0.2, 0.25) is 5.91 Å². The van der Waals surface area contributed by atoms with Gasteiger partial charge in [0.05, 0.1) is 30.8 Å². The Hall–Kier alpha value is -0.650. The van der Waals surface area contributed by atoms with E-state index >= 15 is 0 Å². The molecule has 0 aromatic heterocycles. The maximum absolute atomic E-state index is 12.1. The average molecular weight is 254 g/mol. The summed E-state index contributed by atoms with van der Waals surface area (Å²) in [5.41, 5.74) is 6.13. The second-order valence-corrected chi connectivity index (χ2v) is 5.83. The van der Waals surface area contributed by atoms with Gasteiger partial charge in [0, 0.05) is 18.6 Å². The van der Waals surface area contributed by atoms with Crippen molar-refractivity contribution in [2.75, 3.05) is 13.2 Å². The van der Waals surface area contributed by atoms with Crippen LogP contribution >= 0.6 is 0 Å². The quantitative estimate of drug-likeness (QED) is 0.729. The maximum Gasteiger partial charge on any atom is 0.225 e. The lowest BCUT2D eigenvalue weighted by Gasteiger charge is -2.52. The minimum absolute atomic E-state index is 0.00120. The van der Waals surface area contributed by atoms with E-state index in [2.05, 4.69) is 5.32 Å². The summed E-state index contributed by atoms with van der Waals surface area (Å²) in [6.07, 6.45) is 3.35. The highest BCUT2D eigenvalue weighted by molar-refractivity contribution is 5.79. The van der Waals surface area contributed by atoms with Crippen molar-refractivity contribution in [2.24, 2.45) is 17.6 Å². The molecule has 2 heterocycles. The molecule has 18 heavy (non-hydrogen) atoms. The van der Waals surface area contributed by atoms with Crippen molar-refractivity contribution < 1.29 is 14.3 Å². The summed E-state index contributed by atoms with van der Waals surface area (Å²) < 4.78 is 11.1.